The Morgan fingerprint density at radius 3 is 2.48 bits per heavy atom. The number of rotatable bonds is 6. The summed E-state index contributed by atoms with van der Waals surface area (Å²) in [5.74, 6) is -0.216. The van der Waals surface area contributed by atoms with E-state index in [9.17, 15) is 9.18 Å². The van der Waals surface area contributed by atoms with Crippen molar-refractivity contribution in [1.82, 2.24) is 9.80 Å². The fourth-order valence-corrected chi connectivity index (χ4v) is 3.47. The maximum atomic E-state index is 13.0. The summed E-state index contributed by atoms with van der Waals surface area (Å²) in [6.07, 6.45) is 1.51. The molecule has 1 fully saturated rings. The van der Waals surface area contributed by atoms with Crippen LogP contribution in [0, 0.1) is 5.82 Å². The first-order valence-electron chi connectivity index (χ1n) is 9.34. The summed E-state index contributed by atoms with van der Waals surface area (Å²) < 4.78 is 13.0. The van der Waals surface area contributed by atoms with Crippen molar-refractivity contribution < 1.29 is 9.18 Å². The van der Waals surface area contributed by atoms with Crippen LogP contribution in [-0.4, -0.2) is 48.4 Å². The first-order chi connectivity index (χ1) is 13.1. The van der Waals surface area contributed by atoms with E-state index in [0.717, 1.165) is 51.3 Å². The van der Waals surface area contributed by atoms with Gasteiger partial charge in [-0.2, -0.15) is 0 Å². The highest BCUT2D eigenvalue weighted by Gasteiger charge is 2.16. The van der Waals surface area contributed by atoms with Gasteiger partial charge in [-0.15, -0.1) is 0 Å². The lowest BCUT2D eigenvalue weighted by molar-refractivity contribution is -0.116. The van der Waals surface area contributed by atoms with E-state index < -0.39 is 0 Å². The first kappa shape index (κ1) is 19.8. The molecule has 27 heavy (non-hydrogen) atoms. The minimum Gasteiger partial charge on any atom is -0.325 e. The Kier molecular flexibility index (Phi) is 7.21. The second-order valence-corrected chi connectivity index (χ2v) is 7.28. The van der Waals surface area contributed by atoms with Crippen molar-refractivity contribution in [3.05, 3.63) is 64.9 Å². The molecular formula is C21H25ClFN3O. The van der Waals surface area contributed by atoms with Crippen LogP contribution < -0.4 is 5.32 Å². The molecule has 0 bridgehead atoms. The zero-order chi connectivity index (χ0) is 19.1. The fraction of sp³-hybridized carbons (Fsp3) is 0.381. The molecule has 6 heteroatoms. The Balaban J connectivity index is 1.42. The summed E-state index contributed by atoms with van der Waals surface area (Å²) >= 11 is 6.08. The smallest absolute Gasteiger partial charge is 0.225 e. The third-order valence-corrected chi connectivity index (χ3v) is 5.13. The van der Waals surface area contributed by atoms with Crippen molar-refractivity contribution in [1.29, 1.82) is 0 Å². The van der Waals surface area contributed by atoms with Crippen molar-refractivity contribution >= 4 is 23.2 Å². The van der Waals surface area contributed by atoms with Gasteiger partial charge in [0.1, 0.15) is 5.82 Å². The SMILES string of the molecule is O=C(CCN1CCCN(Cc2ccc(F)cc2)CC1)Nc1ccccc1Cl. The molecule has 0 atom stereocenters. The van der Waals surface area contributed by atoms with Crippen LogP contribution in [0.4, 0.5) is 10.1 Å². The normalized spacial score (nSPS) is 16.1. The van der Waals surface area contributed by atoms with Crippen molar-refractivity contribution in [3.8, 4) is 0 Å². The average molecular weight is 390 g/mol. The maximum Gasteiger partial charge on any atom is 0.225 e. The zero-order valence-electron chi connectivity index (χ0n) is 15.3. The predicted molar refractivity (Wildman–Crippen MR) is 107 cm³/mol. The number of carbonyl (C=O) groups is 1. The second-order valence-electron chi connectivity index (χ2n) is 6.88. The quantitative estimate of drug-likeness (QED) is 0.810. The number of amides is 1. The molecule has 2 aromatic rings. The monoisotopic (exact) mass is 389 g/mol. The van der Waals surface area contributed by atoms with Crippen molar-refractivity contribution in [3.63, 3.8) is 0 Å². The topological polar surface area (TPSA) is 35.6 Å². The number of hydrogen-bond donors (Lipinski definition) is 1. The number of nitrogens with one attached hydrogen (secondary N) is 1. The molecule has 1 aliphatic heterocycles. The third-order valence-electron chi connectivity index (χ3n) is 4.80. The predicted octanol–water partition coefficient (Wildman–Crippen LogP) is 4.02. The molecule has 0 aliphatic carbocycles. The van der Waals surface area contributed by atoms with E-state index in [-0.39, 0.29) is 11.7 Å². The molecule has 0 spiro atoms. The molecule has 0 aromatic heterocycles. The van der Waals surface area contributed by atoms with Gasteiger partial charge >= 0.3 is 0 Å². The number of benzene rings is 2. The molecule has 4 nitrogen and oxygen atoms in total. The van der Waals surface area contributed by atoms with Gasteiger partial charge in [-0.1, -0.05) is 35.9 Å². The number of anilines is 1. The van der Waals surface area contributed by atoms with Gasteiger partial charge < -0.3 is 10.2 Å². The summed E-state index contributed by atoms with van der Waals surface area (Å²) in [4.78, 5) is 16.9. The van der Waals surface area contributed by atoms with Gasteiger partial charge in [0.15, 0.2) is 0 Å². The first-order valence-corrected chi connectivity index (χ1v) is 9.71. The number of para-hydroxylation sites is 1. The number of hydrogen-bond acceptors (Lipinski definition) is 3. The van der Waals surface area contributed by atoms with Crippen LogP contribution in [0.25, 0.3) is 0 Å². The van der Waals surface area contributed by atoms with Gasteiger partial charge in [0, 0.05) is 32.6 Å². The van der Waals surface area contributed by atoms with E-state index in [1.165, 1.54) is 12.1 Å². The van der Waals surface area contributed by atoms with Crippen LogP contribution in [-0.2, 0) is 11.3 Å². The van der Waals surface area contributed by atoms with Crippen LogP contribution in [0.3, 0.4) is 0 Å². The van der Waals surface area contributed by atoms with Crippen LogP contribution in [0.15, 0.2) is 48.5 Å². The van der Waals surface area contributed by atoms with E-state index in [2.05, 4.69) is 15.1 Å². The van der Waals surface area contributed by atoms with Gasteiger partial charge in [0.05, 0.1) is 10.7 Å². The van der Waals surface area contributed by atoms with Crippen molar-refractivity contribution in [2.45, 2.75) is 19.4 Å². The zero-order valence-corrected chi connectivity index (χ0v) is 16.1. The summed E-state index contributed by atoms with van der Waals surface area (Å²) in [6, 6.07) is 14.0. The van der Waals surface area contributed by atoms with Crippen LogP contribution >= 0.6 is 11.6 Å². The van der Waals surface area contributed by atoms with Gasteiger partial charge in [0.25, 0.3) is 0 Å². The van der Waals surface area contributed by atoms with E-state index in [1.54, 1.807) is 12.1 Å². The van der Waals surface area contributed by atoms with E-state index in [0.29, 0.717) is 17.1 Å². The lowest BCUT2D eigenvalue weighted by atomic mass is 10.2. The molecule has 1 N–H and O–H groups in total. The molecule has 3 rings (SSSR count). The molecule has 0 saturated carbocycles. The fourth-order valence-electron chi connectivity index (χ4n) is 3.29. The lowest BCUT2D eigenvalue weighted by Gasteiger charge is -2.21. The highest BCUT2D eigenvalue weighted by molar-refractivity contribution is 6.33. The van der Waals surface area contributed by atoms with Crippen molar-refractivity contribution in [2.24, 2.45) is 0 Å². The van der Waals surface area contributed by atoms with Crippen molar-refractivity contribution in [2.75, 3.05) is 38.0 Å². The third kappa shape index (κ3) is 6.31. The molecule has 0 unspecified atom stereocenters. The van der Waals surface area contributed by atoms with Gasteiger partial charge in [-0.25, -0.2) is 4.39 Å². The molecule has 2 aromatic carbocycles. The molecular weight excluding hydrogens is 365 g/mol. The molecule has 144 valence electrons. The second kappa shape index (κ2) is 9.83. The number of nitrogens with zero attached hydrogens (tertiary/aromatic N) is 2. The highest BCUT2D eigenvalue weighted by Crippen LogP contribution is 2.20. The Labute approximate surface area is 164 Å². The van der Waals surface area contributed by atoms with Gasteiger partial charge in [-0.05, 0) is 49.3 Å². The summed E-state index contributed by atoms with van der Waals surface area (Å²) in [7, 11) is 0. The Bertz CT molecular complexity index is 753. The minimum absolute atomic E-state index is 0.0180. The van der Waals surface area contributed by atoms with E-state index in [1.807, 2.05) is 24.3 Å². The average Bonchev–Trinajstić information content (AvgIpc) is 2.89. The molecule has 0 radical (unpaired) electrons. The Morgan fingerprint density at radius 2 is 1.70 bits per heavy atom. The van der Waals surface area contributed by atoms with Crippen LogP contribution in [0.2, 0.25) is 5.02 Å². The van der Waals surface area contributed by atoms with E-state index in [4.69, 9.17) is 11.6 Å². The maximum absolute atomic E-state index is 13.0. The molecule has 1 heterocycles. The number of halogens is 2. The summed E-state index contributed by atoms with van der Waals surface area (Å²) in [6.45, 7) is 5.45. The minimum atomic E-state index is -0.198. The molecule has 1 amide bonds. The largest absolute Gasteiger partial charge is 0.325 e. The Hall–Kier alpha value is -1.95. The van der Waals surface area contributed by atoms with Gasteiger partial charge in [-0.3, -0.25) is 9.69 Å². The number of carbonyl (C=O) groups excluding carboxylic acids is 1. The van der Waals surface area contributed by atoms with Gasteiger partial charge in [0.2, 0.25) is 5.91 Å². The Morgan fingerprint density at radius 1 is 1.00 bits per heavy atom. The van der Waals surface area contributed by atoms with E-state index >= 15 is 0 Å². The summed E-state index contributed by atoms with van der Waals surface area (Å²) in [5, 5.41) is 3.43. The molecule has 1 saturated heterocycles. The standard InChI is InChI=1S/C21H25ClFN3O/c22-19-4-1-2-5-20(19)24-21(27)10-13-25-11-3-12-26(15-14-25)16-17-6-8-18(23)9-7-17/h1-2,4-9H,3,10-16H2,(H,24,27). The van der Waals surface area contributed by atoms with Crippen LogP contribution in [0.1, 0.15) is 18.4 Å². The summed E-state index contributed by atoms with van der Waals surface area (Å²) in [5.41, 5.74) is 1.79. The molecule has 1 aliphatic rings. The van der Waals surface area contributed by atoms with Crippen LogP contribution in [0.5, 0.6) is 0 Å². The highest BCUT2D eigenvalue weighted by atomic mass is 35.5. The lowest BCUT2D eigenvalue weighted by Crippen LogP contribution is -2.32.